The average molecular weight is 271 g/mol. The van der Waals surface area contributed by atoms with Gasteiger partial charge >= 0.3 is 6.18 Å². The first-order valence-electron chi connectivity index (χ1n) is 5.25. The lowest BCUT2D eigenvalue weighted by Gasteiger charge is -2.09. The van der Waals surface area contributed by atoms with E-state index in [4.69, 9.17) is 5.73 Å². The number of halogens is 4. The van der Waals surface area contributed by atoms with Gasteiger partial charge in [-0.3, -0.25) is 0 Å². The first-order valence-corrected chi connectivity index (χ1v) is 5.25. The molecule has 7 heteroatoms. The molecule has 0 bridgehead atoms. The van der Waals surface area contributed by atoms with Crippen LogP contribution in [0.4, 0.5) is 23.4 Å². The van der Waals surface area contributed by atoms with Gasteiger partial charge in [0.25, 0.3) is 0 Å². The fourth-order valence-corrected chi connectivity index (χ4v) is 1.57. The minimum absolute atomic E-state index is 0.0420. The summed E-state index contributed by atoms with van der Waals surface area (Å²) in [5, 5.41) is 0. The van der Waals surface area contributed by atoms with Gasteiger partial charge in [-0.05, 0) is 19.1 Å². The quantitative estimate of drug-likeness (QED) is 0.810. The number of anilines is 1. The summed E-state index contributed by atoms with van der Waals surface area (Å²) in [6.45, 7) is 1.69. The van der Waals surface area contributed by atoms with Crippen molar-refractivity contribution in [1.29, 1.82) is 0 Å². The Labute approximate surface area is 106 Å². The Kier molecular flexibility index (Phi) is 3.13. The summed E-state index contributed by atoms with van der Waals surface area (Å²) >= 11 is 0. The molecule has 100 valence electrons. The minimum atomic E-state index is -4.73. The van der Waals surface area contributed by atoms with Gasteiger partial charge in [0.1, 0.15) is 11.6 Å². The molecule has 0 aliphatic heterocycles. The van der Waals surface area contributed by atoms with Crippen molar-refractivity contribution in [2.75, 3.05) is 5.73 Å². The Morgan fingerprint density at radius 1 is 1.11 bits per heavy atom. The van der Waals surface area contributed by atoms with Crippen molar-refractivity contribution in [2.24, 2.45) is 0 Å². The molecule has 0 spiro atoms. The summed E-state index contributed by atoms with van der Waals surface area (Å²) in [7, 11) is 0. The zero-order chi connectivity index (χ0) is 14.2. The van der Waals surface area contributed by atoms with E-state index in [2.05, 4.69) is 9.97 Å². The number of nitrogens with zero attached hydrogens (tertiary/aromatic N) is 2. The van der Waals surface area contributed by atoms with E-state index in [0.717, 1.165) is 12.1 Å². The highest BCUT2D eigenvalue weighted by Crippen LogP contribution is 2.30. The molecule has 1 aromatic carbocycles. The smallest absolute Gasteiger partial charge is 0.384 e. The van der Waals surface area contributed by atoms with Crippen LogP contribution in [0.2, 0.25) is 0 Å². The Hall–Kier alpha value is -2.18. The van der Waals surface area contributed by atoms with Crippen LogP contribution in [0.1, 0.15) is 11.4 Å². The maximum absolute atomic E-state index is 13.6. The van der Waals surface area contributed by atoms with Crippen LogP contribution in [0.3, 0.4) is 0 Å². The fraction of sp³-hybridized carbons (Fsp3) is 0.167. The molecule has 19 heavy (non-hydrogen) atoms. The standard InChI is InChI=1S/C12H9F4N3/c1-6-2-3-8(13)7(4-6)9-5-10(17)19-11(18-9)12(14,15)16/h2-5H,1H3,(H2,17,18,19). The van der Waals surface area contributed by atoms with Crippen LogP contribution < -0.4 is 5.73 Å². The molecule has 0 unspecified atom stereocenters. The number of alkyl halides is 3. The largest absolute Gasteiger partial charge is 0.451 e. The number of benzene rings is 1. The zero-order valence-corrected chi connectivity index (χ0v) is 9.79. The molecule has 0 amide bonds. The summed E-state index contributed by atoms with van der Waals surface area (Å²) in [6, 6.07) is 5.18. The molecule has 0 aliphatic carbocycles. The van der Waals surface area contributed by atoms with Crippen LogP contribution in [0.5, 0.6) is 0 Å². The average Bonchev–Trinajstić information content (AvgIpc) is 2.30. The molecule has 0 radical (unpaired) electrons. The van der Waals surface area contributed by atoms with Crippen LogP contribution in [-0.2, 0) is 6.18 Å². The molecule has 0 saturated carbocycles. The summed E-state index contributed by atoms with van der Waals surface area (Å²) in [5.41, 5.74) is 5.77. The monoisotopic (exact) mass is 271 g/mol. The first kappa shape index (κ1) is 13.3. The van der Waals surface area contributed by atoms with Crippen molar-refractivity contribution >= 4 is 5.82 Å². The SMILES string of the molecule is Cc1ccc(F)c(-c2cc(N)nc(C(F)(F)F)n2)c1. The van der Waals surface area contributed by atoms with Crippen molar-refractivity contribution in [2.45, 2.75) is 13.1 Å². The Morgan fingerprint density at radius 3 is 2.42 bits per heavy atom. The predicted molar refractivity (Wildman–Crippen MR) is 61.6 cm³/mol. The molecular formula is C12H9F4N3. The number of nitrogens with two attached hydrogens (primary N) is 1. The maximum Gasteiger partial charge on any atom is 0.451 e. The summed E-state index contributed by atoms with van der Waals surface area (Å²) in [6.07, 6.45) is -4.73. The molecule has 0 aliphatic rings. The summed E-state index contributed by atoms with van der Waals surface area (Å²) in [4.78, 5) is 6.42. The van der Waals surface area contributed by atoms with Crippen LogP contribution in [0.15, 0.2) is 24.3 Å². The molecule has 3 nitrogen and oxygen atoms in total. The Morgan fingerprint density at radius 2 is 1.79 bits per heavy atom. The van der Waals surface area contributed by atoms with E-state index in [1.807, 2.05) is 0 Å². The van der Waals surface area contributed by atoms with Crippen molar-refractivity contribution in [3.8, 4) is 11.3 Å². The van der Waals surface area contributed by atoms with Crippen molar-refractivity contribution in [3.05, 3.63) is 41.5 Å². The van der Waals surface area contributed by atoms with Crippen molar-refractivity contribution in [1.82, 2.24) is 9.97 Å². The molecular weight excluding hydrogens is 262 g/mol. The maximum atomic E-state index is 13.6. The molecule has 0 fully saturated rings. The topological polar surface area (TPSA) is 51.8 Å². The number of hydrogen-bond donors (Lipinski definition) is 1. The number of aryl methyl sites for hydroxylation is 1. The van der Waals surface area contributed by atoms with Crippen LogP contribution in [0.25, 0.3) is 11.3 Å². The fourth-order valence-electron chi connectivity index (χ4n) is 1.57. The van der Waals surface area contributed by atoms with Crippen molar-refractivity contribution < 1.29 is 17.6 Å². The second-order valence-corrected chi connectivity index (χ2v) is 3.98. The third-order valence-electron chi connectivity index (χ3n) is 2.40. The highest BCUT2D eigenvalue weighted by molar-refractivity contribution is 5.63. The highest BCUT2D eigenvalue weighted by Gasteiger charge is 2.35. The minimum Gasteiger partial charge on any atom is -0.384 e. The molecule has 2 rings (SSSR count). The van der Waals surface area contributed by atoms with E-state index < -0.39 is 17.8 Å². The number of hydrogen-bond acceptors (Lipinski definition) is 3. The predicted octanol–water partition coefficient (Wildman–Crippen LogP) is 3.19. The normalized spacial score (nSPS) is 11.6. The van der Waals surface area contributed by atoms with Gasteiger partial charge in [-0.15, -0.1) is 0 Å². The van der Waals surface area contributed by atoms with E-state index in [9.17, 15) is 17.6 Å². The Balaban J connectivity index is 2.63. The van der Waals surface area contributed by atoms with Gasteiger partial charge < -0.3 is 5.73 Å². The van der Waals surface area contributed by atoms with Gasteiger partial charge in [0, 0.05) is 11.6 Å². The number of nitrogen functional groups attached to an aromatic ring is 1. The molecule has 2 N–H and O–H groups in total. The van der Waals surface area contributed by atoms with Gasteiger partial charge in [-0.2, -0.15) is 13.2 Å². The van der Waals surface area contributed by atoms with Crippen LogP contribution >= 0.6 is 0 Å². The van der Waals surface area contributed by atoms with E-state index in [1.165, 1.54) is 12.1 Å². The van der Waals surface area contributed by atoms with Gasteiger partial charge in [0.15, 0.2) is 0 Å². The molecule has 2 aromatic rings. The lowest BCUT2D eigenvalue weighted by molar-refractivity contribution is -0.144. The van der Waals surface area contributed by atoms with Crippen LogP contribution in [-0.4, -0.2) is 9.97 Å². The van der Waals surface area contributed by atoms with Gasteiger partial charge in [-0.25, -0.2) is 14.4 Å². The highest BCUT2D eigenvalue weighted by atomic mass is 19.4. The molecule has 1 heterocycles. The number of aromatic nitrogens is 2. The van der Waals surface area contributed by atoms with Crippen LogP contribution in [0, 0.1) is 12.7 Å². The third-order valence-corrected chi connectivity index (χ3v) is 2.40. The third kappa shape index (κ3) is 2.81. The van der Waals surface area contributed by atoms with E-state index in [1.54, 1.807) is 6.92 Å². The second kappa shape index (κ2) is 4.49. The second-order valence-electron chi connectivity index (χ2n) is 3.98. The van der Waals surface area contributed by atoms with Gasteiger partial charge in [-0.1, -0.05) is 11.6 Å². The van der Waals surface area contributed by atoms with Gasteiger partial charge in [0.2, 0.25) is 5.82 Å². The first-order chi connectivity index (χ1) is 8.77. The lowest BCUT2D eigenvalue weighted by Crippen LogP contribution is -2.13. The Bertz CT molecular complexity index is 623. The van der Waals surface area contributed by atoms with Crippen molar-refractivity contribution in [3.63, 3.8) is 0 Å². The zero-order valence-electron chi connectivity index (χ0n) is 9.79. The summed E-state index contributed by atoms with van der Waals surface area (Å²) < 4.78 is 51.3. The van der Waals surface area contributed by atoms with E-state index >= 15 is 0 Å². The molecule has 0 saturated heterocycles. The van der Waals surface area contributed by atoms with E-state index in [-0.39, 0.29) is 17.1 Å². The van der Waals surface area contributed by atoms with E-state index in [0.29, 0.717) is 5.56 Å². The van der Waals surface area contributed by atoms with Gasteiger partial charge in [0.05, 0.1) is 5.69 Å². The molecule has 1 aromatic heterocycles. The summed E-state index contributed by atoms with van der Waals surface area (Å²) in [5.74, 6) is -2.42. The lowest BCUT2D eigenvalue weighted by atomic mass is 10.1. The molecule has 0 atom stereocenters. The number of rotatable bonds is 1.